The lowest BCUT2D eigenvalue weighted by Gasteiger charge is -2.23. The van der Waals surface area contributed by atoms with Gasteiger partial charge >= 0.3 is 0 Å². The molecule has 12 heteroatoms. The average Bonchev–Trinajstić information content (AvgIpc) is 3.34. The summed E-state index contributed by atoms with van der Waals surface area (Å²) in [5, 5.41) is 4.35. The average molecular weight is 561 g/mol. The van der Waals surface area contributed by atoms with E-state index < -0.39 is 15.9 Å². The molecule has 0 spiro atoms. The largest absolute Gasteiger partial charge is 0.496 e. The summed E-state index contributed by atoms with van der Waals surface area (Å²) >= 11 is 0. The standard InChI is InChI=1S/C27H33FN4O6S/c1-5-39(35,36)30-26(33)18-32-13-11-23(29-32)17-31(12-7-9-20-8-6-10-22(28)14-20)27(34)21-15-24(37-3)19(2)25(16-21)38-4/h6,8,10-11,13-16H,5,7,9,12,17-18H2,1-4H3,(H,30,33). The molecule has 2 aromatic carbocycles. The second kappa shape index (κ2) is 13.2. The van der Waals surface area contributed by atoms with Gasteiger partial charge in [0.25, 0.3) is 11.8 Å². The zero-order valence-corrected chi connectivity index (χ0v) is 23.3. The number of ether oxygens (including phenoxy) is 2. The number of amides is 2. The zero-order valence-electron chi connectivity index (χ0n) is 22.4. The lowest BCUT2D eigenvalue weighted by atomic mass is 10.1. The molecule has 0 saturated heterocycles. The van der Waals surface area contributed by atoms with Crippen molar-refractivity contribution < 1.29 is 31.9 Å². The van der Waals surface area contributed by atoms with E-state index in [0.29, 0.717) is 42.1 Å². The van der Waals surface area contributed by atoms with Gasteiger partial charge in [0, 0.05) is 23.9 Å². The smallest absolute Gasteiger partial charge is 0.255 e. The lowest BCUT2D eigenvalue weighted by Crippen LogP contribution is -2.34. The van der Waals surface area contributed by atoms with Crippen molar-refractivity contribution in [2.24, 2.45) is 0 Å². The highest BCUT2D eigenvalue weighted by Crippen LogP contribution is 2.30. The minimum absolute atomic E-state index is 0.127. The molecule has 0 saturated carbocycles. The fourth-order valence-corrected chi connectivity index (χ4v) is 4.56. The van der Waals surface area contributed by atoms with E-state index in [-0.39, 0.29) is 30.6 Å². The first-order chi connectivity index (χ1) is 18.5. The van der Waals surface area contributed by atoms with Gasteiger partial charge < -0.3 is 14.4 Å². The molecule has 0 bridgehead atoms. The Hall–Kier alpha value is -3.93. The van der Waals surface area contributed by atoms with E-state index in [1.807, 2.05) is 17.7 Å². The SMILES string of the molecule is CCS(=O)(=O)NC(=O)Cn1ccc(CN(CCCc2cccc(F)c2)C(=O)c2cc(OC)c(C)c(OC)c2)n1. The molecule has 0 unspecified atom stereocenters. The minimum atomic E-state index is -3.68. The van der Waals surface area contributed by atoms with Gasteiger partial charge in [0.05, 0.1) is 32.2 Å². The highest BCUT2D eigenvalue weighted by atomic mass is 32.2. The first kappa shape index (κ1) is 29.6. The maximum absolute atomic E-state index is 13.7. The predicted octanol–water partition coefficient (Wildman–Crippen LogP) is 3.09. The van der Waals surface area contributed by atoms with E-state index in [0.717, 1.165) is 11.1 Å². The van der Waals surface area contributed by atoms with Crippen molar-refractivity contribution in [3.8, 4) is 11.5 Å². The van der Waals surface area contributed by atoms with Crippen LogP contribution in [0.5, 0.6) is 11.5 Å². The normalized spacial score (nSPS) is 11.2. The number of hydrogen-bond donors (Lipinski definition) is 1. The number of methoxy groups -OCH3 is 2. The monoisotopic (exact) mass is 560 g/mol. The number of carbonyl (C=O) groups is 2. The van der Waals surface area contributed by atoms with Crippen molar-refractivity contribution in [2.75, 3.05) is 26.5 Å². The Kier molecular flexibility index (Phi) is 10.0. The zero-order chi connectivity index (χ0) is 28.6. The number of halogens is 1. The molecule has 39 heavy (non-hydrogen) atoms. The third-order valence-corrected chi connectivity index (χ3v) is 7.37. The van der Waals surface area contributed by atoms with Gasteiger partial charge in [0.2, 0.25) is 10.0 Å². The number of aromatic nitrogens is 2. The van der Waals surface area contributed by atoms with Crippen LogP contribution < -0.4 is 14.2 Å². The van der Waals surface area contributed by atoms with Gasteiger partial charge in [-0.3, -0.25) is 19.0 Å². The van der Waals surface area contributed by atoms with Gasteiger partial charge in [-0.05, 0) is 62.6 Å². The van der Waals surface area contributed by atoms with E-state index in [9.17, 15) is 22.4 Å². The summed E-state index contributed by atoms with van der Waals surface area (Å²) in [5.41, 5.74) is 2.45. The van der Waals surface area contributed by atoms with E-state index in [1.54, 1.807) is 35.4 Å². The van der Waals surface area contributed by atoms with Gasteiger partial charge in [0.1, 0.15) is 23.9 Å². The summed E-state index contributed by atoms with van der Waals surface area (Å²) in [5.74, 6) is -0.518. The van der Waals surface area contributed by atoms with Gasteiger partial charge in [-0.1, -0.05) is 12.1 Å². The predicted molar refractivity (Wildman–Crippen MR) is 144 cm³/mol. The molecule has 0 radical (unpaired) electrons. The number of nitrogens with zero attached hydrogens (tertiary/aromatic N) is 3. The third-order valence-electron chi connectivity index (χ3n) is 6.07. The van der Waals surface area contributed by atoms with Gasteiger partial charge in [-0.2, -0.15) is 5.10 Å². The summed E-state index contributed by atoms with van der Waals surface area (Å²) in [7, 11) is -0.651. The highest BCUT2D eigenvalue weighted by molar-refractivity contribution is 7.90. The topological polar surface area (TPSA) is 120 Å². The van der Waals surface area contributed by atoms with Crippen LogP contribution in [0.15, 0.2) is 48.7 Å². The number of carbonyl (C=O) groups excluding carboxylic acids is 2. The molecule has 1 aromatic heterocycles. The summed E-state index contributed by atoms with van der Waals surface area (Å²) in [6, 6.07) is 11.3. The molecule has 10 nitrogen and oxygen atoms in total. The summed E-state index contributed by atoms with van der Waals surface area (Å²) in [6.07, 6.45) is 2.66. The van der Waals surface area contributed by atoms with Crippen molar-refractivity contribution in [1.82, 2.24) is 19.4 Å². The number of hydrogen-bond acceptors (Lipinski definition) is 7. The molecule has 0 atom stereocenters. The van der Waals surface area contributed by atoms with Crippen molar-refractivity contribution in [1.29, 1.82) is 0 Å². The fraction of sp³-hybridized carbons (Fsp3) is 0.370. The van der Waals surface area contributed by atoms with Crippen LogP contribution in [0.25, 0.3) is 0 Å². The molecule has 3 rings (SSSR count). The number of aryl methyl sites for hydroxylation is 1. The van der Waals surface area contributed by atoms with Crippen molar-refractivity contribution in [3.63, 3.8) is 0 Å². The molecule has 0 aliphatic carbocycles. The Labute approximate surface area is 227 Å². The molecular weight excluding hydrogens is 527 g/mol. The van der Waals surface area contributed by atoms with Crippen LogP contribution in [-0.4, -0.2) is 61.4 Å². The molecule has 2 amide bonds. The van der Waals surface area contributed by atoms with Crippen LogP contribution in [0.2, 0.25) is 0 Å². The second-order valence-corrected chi connectivity index (χ2v) is 10.9. The Morgan fingerprint density at radius 1 is 1.10 bits per heavy atom. The highest BCUT2D eigenvalue weighted by Gasteiger charge is 2.21. The fourth-order valence-electron chi connectivity index (χ4n) is 4.01. The quantitative estimate of drug-likeness (QED) is 0.341. The van der Waals surface area contributed by atoms with E-state index in [4.69, 9.17) is 9.47 Å². The molecule has 1 heterocycles. The van der Waals surface area contributed by atoms with Gasteiger partial charge in [0.15, 0.2) is 0 Å². The summed E-state index contributed by atoms with van der Waals surface area (Å²) in [6.45, 7) is 3.44. The molecule has 210 valence electrons. The molecule has 1 N–H and O–H groups in total. The Morgan fingerprint density at radius 2 is 1.79 bits per heavy atom. The maximum atomic E-state index is 13.7. The van der Waals surface area contributed by atoms with Gasteiger partial charge in [-0.15, -0.1) is 0 Å². The summed E-state index contributed by atoms with van der Waals surface area (Å²) in [4.78, 5) is 27.4. The molecule has 0 aliphatic heterocycles. The van der Waals surface area contributed by atoms with Crippen LogP contribution in [0.4, 0.5) is 4.39 Å². The summed E-state index contributed by atoms with van der Waals surface area (Å²) < 4.78 is 51.0. The van der Waals surface area contributed by atoms with Crippen molar-refractivity contribution in [2.45, 2.75) is 39.8 Å². The molecular formula is C27H33FN4O6S. The third kappa shape index (κ3) is 8.28. The molecule has 0 fully saturated rings. The Bertz CT molecular complexity index is 1400. The van der Waals surface area contributed by atoms with Crippen LogP contribution in [0, 0.1) is 12.7 Å². The lowest BCUT2D eigenvalue weighted by molar-refractivity contribution is -0.120. The van der Waals surface area contributed by atoms with E-state index in [1.165, 1.54) is 38.0 Å². The van der Waals surface area contributed by atoms with Crippen LogP contribution in [0.1, 0.15) is 40.5 Å². The van der Waals surface area contributed by atoms with Crippen molar-refractivity contribution in [3.05, 3.63) is 76.9 Å². The Balaban J connectivity index is 1.80. The molecule has 0 aliphatic rings. The van der Waals surface area contributed by atoms with Gasteiger partial charge in [-0.25, -0.2) is 12.8 Å². The number of benzene rings is 2. The van der Waals surface area contributed by atoms with Crippen LogP contribution >= 0.6 is 0 Å². The minimum Gasteiger partial charge on any atom is -0.496 e. The first-order valence-electron chi connectivity index (χ1n) is 12.4. The number of rotatable bonds is 13. The van der Waals surface area contributed by atoms with E-state index >= 15 is 0 Å². The second-order valence-electron chi connectivity index (χ2n) is 8.90. The number of nitrogens with one attached hydrogen (secondary N) is 1. The molecule has 3 aromatic rings. The van der Waals surface area contributed by atoms with E-state index in [2.05, 4.69) is 5.10 Å². The first-order valence-corrected chi connectivity index (χ1v) is 14.0. The van der Waals surface area contributed by atoms with Crippen LogP contribution in [0.3, 0.4) is 0 Å². The number of sulfonamides is 1. The maximum Gasteiger partial charge on any atom is 0.255 e. The van der Waals surface area contributed by atoms with Crippen molar-refractivity contribution >= 4 is 21.8 Å². The Morgan fingerprint density at radius 3 is 2.41 bits per heavy atom. The van der Waals surface area contributed by atoms with Crippen LogP contribution in [-0.2, 0) is 34.3 Å².